The van der Waals surface area contributed by atoms with Gasteiger partial charge in [0.1, 0.15) is 12.7 Å². The fraction of sp³-hybridized carbons (Fsp3) is 0.571. The lowest BCUT2D eigenvalue weighted by Crippen LogP contribution is -2.33. The molecule has 0 aromatic heterocycles. The van der Waals surface area contributed by atoms with Crippen molar-refractivity contribution in [1.29, 1.82) is 0 Å². The number of aliphatic hydroxyl groups is 2. The molecule has 0 amide bonds. The molecule has 0 bridgehead atoms. The highest BCUT2D eigenvalue weighted by Gasteiger charge is 2.10. The molecule has 20 heavy (non-hydrogen) atoms. The van der Waals surface area contributed by atoms with Gasteiger partial charge < -0.3 is 20.3 Å². The van der Waals surface area contributed by atoms with E-state index in [-0.39, 0.29) is 12.7 Å². The van der Waals surface area contributed by atoms with E-state index in [1.807, 2.05) is 6.92 Å². The van der Waals surface area contributed by atoms with Crippen molar-refractivity contribution >= 4 is 23.2 Å². The van der Waals surface area contributed by atoms with Crippen LogP contribution in [0.4, 0.5) is 0 Å². The Hall–Kier alpha value is -0.520. The van der Waals surface area contributed by atoms with Crippen molar-refractivity contribution in [3.05, 3.63) is 28.2 Å². The summed E-state index contributed by atoms with van der Waals surface area (Å²) in [5.74, 6) is 0.385. The summed E-state index contributed by atoms with van der Waals surface area (Å²) in [6.45, 7) is 3.07. The second-order valence-electron chi connectivity index (χ2n) is 4.57. The van der Waals surface area contributed by atoms with Crippen molar-refractivity contribution in [2.24, 2.45) is 0 Å². The molecule has 114 valence electrons. The molecule has 0 fully saturated rings. The molecule has 0 saturated heterocycles. The highest BCUT2D eigenvalue weighted by molar-refractivity contribution is 6.37. The summed E-state index contributed by atoms with van der Waals surface area (Å²) in [6.07, 6.45) is 0.442. The van der Waals surface area contributed by atoms with Gasteiger partial charge in [-0.15, -0.1) is 0 Å². The monoisotopic (exact) mass is 321 g/mol. The predicted octanol–water partition coefficient (Wildman–Crippen LogP) is 2.48. The summed E-state index contributed by atoms with van der Waals surface area (Å²) < 4.78 is 5.43. The predicted molar refractivity (Wildman–Crippen MR) is 81.7 cm³/mol. The normalized spacial score (nSPS) is 14.1. The minimum Gasteiger partial charge on any atom is -0.488 e. The van der Waals surface area contributed by atoms with Gasteiger partial charge >= 0.3 is 0 Å². The van der Waals surface area contributed by atoms with Crippen LogP contribution in [0.15, 0.2) is 18.2 Å². The van der Waals surface area contributed by atoms with Gasteiger partial charge in [0.05, 0.1) is 16.1 Å². The van der Waals surface area contributed by atoms with Crippen LogP contribution in [0.3, 0.4) is 0 Å². The Morgan fingerprint density at radius 1 is 1.20 bits per heavy atom. The average Bonchev–Trinajstić information content (AvgIpc) is 2.42. The molecule has 0 saturated carbocycles. The molecule has 0 aliphatic rings. The maximum absolute atomic E-state index is 9.78. The van der Waals surface area contributed by atoms with Gasteiger partial charge in [0.25, 0.3) is 0 Å². The van der Waals surface area contributed by atoms with Crippen LogP contribution >= 0.6 is 23.2 Å². The Labute approximate surface area is 129 Å². The van der Waals surface area contributed by atoms with Crippen LogP contribution in [-0.4, -0.2) is 42.1 Å². The molecule has 3 N–H and O–H groups in total. The largest absolute Gasteiger partial charge is 0.488 e. The number of hydrogen-bond donors (Lipinski definition) is 3. The standard InChI is InChI=1S/C14H21Cl2NO3/c1-2-10(18)6-7-17-8-11(19)9-20-14-12(15)4-3-5-13(14)16/h3-5,10-11,17-19H,2,6-9H2,1H3. The molecule has 0 aliphatic carbocycles. The maximum Gasteiger partial charge on any atom is 0.156 e. The van der Waals surface area contributed by atoms with E-state index in [0.29, 0.717) is 35.3 Å². The van der Waals surface area contributed by atoms with Crippen LogP contribution in [0.1, 0.15) is 19.8 Å². The van der Waals surface area contributed by atoms with E-state index in [1.54, 1.807) is 18.2 Å². The molecule has 4 nitrogen and oxygen atoms in total. The van der Waals surface area contributed by atoms with Gasteiger partial charge in [-0.2, -0.15) is 0 Å². The van der Waals surface area contributed by atoms with Gasteiger partial charge in [-0.1, -0.05) is 36.2 Å². The summed E-state index contributed by atoms with van der Waals surface area (Å²) in [5, 5.41) is 23.1. The van der Waals surface area contributed by atoms with Crippen LogP contribution in [0.2, 0.25) is 10.0 Å². The van der Waals surface area contributed by atoms with Crippen LogP contribution in [0.25, 0.3) is 0 Å². The lowest BCUT2D eigenvalue weighted by Gasteiger charge is -2.15. The maximum atomic E-state index is 9.78. The molecular formula is C14H21Cl2NO3. The van der Waals surface area contributed by atoms with E-state index < -0.39 is 6.10 Å². The first-order valence-corrected chi connectivity index (χ1v) is 7.43. The summed E-state index contributed by atoms with van der Waals surface area (Å²) in [4.78, 5) is 0. The van der Waals surface area contributed by atoms with E-state index in [9.17, 15) is 10.2 Å². The third kappa shape index (κ3) is 6.29. The summed E-state index contributed by atoms with van der Waals surface area (Å²) in [5.41, 5.74) is 0. The van der Waals surface area contributed by atoms with Crippen molar-refractivity contribution < 1.29 is 14.9 Å². The first-order valence-electron chi connectivity index (χ1n) is 6.68. The molecule has 0 heterocycles. The minimum absolute atomic E-state index is 0.104. The topological polar surface area (TPSA) is 61.7 Å². The van der Waals surface area contributed by atoms with E-state index in [0.717, 1.165) is 6.42 Å². The van der Waals surface area contributed by atoms with Crippen molar-refractivity contribution in [2.75, 3.05) is 19.7 Å². The first kappa shape index (κ1) is 17.5. The summed E-state index contributed by atoms with van der Waals surface area (Å²) in [7, 11) is 0. The van der Waals surface area contributed by atoms with Crippen LogP contribution in [0, 0.1) is 0 Å². The van der Waals surface area contributed by atoms with Gasteiger partial charge in [-0.25, -0.2) is 0 Å². The van der Waals surface area contributed by atoms with E-state index in [4.69, 9.17) is 27.9 Å². The van der Waals surface area contributed by atoms with Gasteiger partial charge in [-0.3, -0.25) is 0 Å². The second kappa shape index (κ2) is 9.42. The molecule has 6 heteroatoms. The van der Waals surface area contributed by atoms with E-state index in [1.165, 1.54) is 0 Å². The Balaban J connectivity index is 2.24. The van der Waals surface area contributed by atoms with E-state index in [2.05, 4.69) is 5.32 Å². The Morgan fingerprint density at radius 3 is 2.45 bits per heavy atom. The second-order valence-corrected chi connectivity index (χ2v) is 5.38. The quantitative estimate of drug-likeness (QED) is 0.611. The van der Waals surface area contributed by atoms with Gasteiger partial charge in [0, 0.05) is 6.54 Å². The number of ether oxygens (including phenoxy) is 1. The van der Waals surface area contributed by atoms with Gasteiger partial charge in [0.2, 0.25) is 0 Å². The smallest absolute Gasteiger partial charge is 0.156 e. The molecule has 0 aliphatic heterocycles. The minimum atomic E-state index is -0.666. The summed E-state index contributed by atoms with van der Waals surface area (Å²) >= 11 is 11.9. The highest BCUT2D eigenvalue weighted by Crippen LogP contribution is 2.32. The molecule has 0 radical (unpaired) electrons. The van der Waals surface area contributed by atoms with Crippen molar-refractivity contribution in [1.82, 2.24) is 5.32 Å². The zero-order chi connectivity index (χ0) is 15.0. The molecule has 1 rings (SSSR count). The number of halogens is 2. The van der Waals surface area contributed by atoms with Crippen LogP contribution < -0.4 is 10.1 Å². The molecule has 1 aromatic carbocycles. The lowest BCUT2D eigenvalue weighted by molar-refractivity contribution is 0.104. The lowest BCUT2D eigenvalue weighted by atomic mass is 10.2. The van der Waals surface area contributed by atoms with Crippen molar-refractivity contribution in [3.8, 4) is 5.75 Å². The number of para-hydroxylation sites is 1. The number of benzene rings is 1. The number of nitrogens with one attached hydrogen (secondary N) is 1. The Kier molecular flexibility index (Phi) is 8.26. The van der Waals surface area contributed by atoms with Crippen LogP contribution in [0.5, 0.6) is 5.75 Å². The Morgan fingerprint density at radius 2 is 1.85 bits per heavy atom. The third-order valence-corrected chi connectivity index (χ3v) is 3.44. The Bertz CT molecular complexity index is 384. The van der Waals surface area contributed by atoms with E-state index >= 15 is 0 Å². The van der Waals surface area contributed by atoms with Crippen molar-refractivity contribution in [3.63, 3.8) is 0 Å². The fourth-order valence-electron chi connectivity index (χ4n) is 1.60. The third-order valence-electron chi connectivity index (χ3n) is 2.84. The first-order chi connectivity index (χ1) is 9.54. The highest BCUT2D eigenvalue weighted by atomic mass is 35.5. The van der Waals surface area contributed by atoms with Crippen LogP contribution in [-0.2, 0) is 0 Å². The van der Waals surface area contributed by atoms with Gasteiger partial charge in [0.15, 0.2) is 5.75 Å². The zero-order valence-electron chi connectivity index (χ0n) is 11.5. The van der Waals surface area contributed by atoms with Crippen molar-refractivity contribution in [2.45, 2.75) is 32.0 Å². The molecule has 2 unspecified atom stereocenters. The summed E-state index contributed by atoms with van der Waals surface area (Å²) in [6, 6.07) is 5.09. The number of hydrogen-bond acceptors (Lipinski definition) is 4. The zero-order valence-corrected chi connectivity index (χ0v) is 13.0. The fourth-order valence-corrected chi connectivity index (χ4v) is 2.11. The molecule has 0 spiro atoms. The molecule has 1 aromatic rings. The SMILES string of the molecule is CCC(O)CCNCC(O)COc1c(Cl)cccc1Cl. The number of rotatable bonds is 9. The van der Waals surface area contributed by atoms with Gasteiger partial charge in [-0.05, 0) is 31.5 Å². The molecule has 2 atom stereocenters. The molecular weight excluding hydrogens is 301 g/mol. The average molecular weight is 322 g/mol. The number of aliphatic hydroxyl groups excluding tert-OH is 2.